The third-order valence-corrected chi connectivity index (χ3v) is 6.54. The van der Waals surface area contributed by atoms with Crippen molar-refractivity contribution in [3.8, 4) is 16.9 Å². The van der Waals surface area contributed by atoms with E-state index in [1.165, 1.54) is 5.56 Å². The van der Waals surface area contributed by atoms with Crippen molar-refractivity contribution in [3.63, 3.8) is 0 Å². The number of ether oxygens (including phenoxy) is 1. The quantitative estimate of drug-likeness (QED) is 0.254. The number of hydrogen-bond acceptors (Lipinski definition) is 6. The first-order valence-corrected chi connectivity index (χ1v) is 11.2. The van der Waals surface area contributed by atoms with Crippen LogP contribution in [-0.2, 0) is 11.3 Å². The van der Waals surface area contributed by atoms with E-state index in [0.717, 1.165) is 36.3 Å². The number of rotatable bonds is 12. The van der Waals surface area contributed by atoms with Gasteiger partial charge in [-0.1, -0.05) is 49.2 Å². The molecule has 6 N–H and O–H groups in total. The van der Waals surface area contributed by atoms with Crippen molar-refractivity contribution in [2.75, 3.05) is 7.11 Å². The fourth-order valence-corrected chi connectivity index (χ4v) is 4.30. The number of carboxylic acids is 1. The summed E-state index contributed by atoms with van der Waals surface area (Å²) in [6.45, 7) is 0.722. The van der Waals surface area contributed by atoms with E-state index < -0.39 is 18.6 Å². The third kappa shape index (κ3) is 6.10. The fraction of sp³-hybridized carbons (Fsp3) is 0.458. The number of nitrogens with two attached hydrogens (primary N) is 1. The highest BCUT2D eigenvalue weighted by atomic mass is 16.5. The van der Waals surface area contributed by atoms with E-state index in [1.54, 1.807) is 7.11 Å². The van der Waals surface area contributed by atoms with Gasteiger partial charge in [0.2, 0.25) is 0 Å². The maximum Gasteiger partial charge on any atom is 0.451 e. The Morgan fingerprint density at radius 3 is 2.22 bits per heavy atom. The molecule has 0 amide bonds. The van der Waals surface area contributed by atoms with Crippen molar-refractivity contribution in [1.82, 2.24) is 5.32 Å². The summed E-state index contributed by atoms with van der Waals surface area (Å²) in [4.78, 5) is 11.8. The molecule has 1 aliphatic carbocycles. The third-order valence-electron chi connectivity index (χ3n) is 6.54. The number of unbranched alkanes of at least 4 members (excludes halogenated alkanes) is 1. The summed E-state index contributed by atoms with van der Waals surface area (Å²) >= 11 is 0. The standard InChI is InChI=1S/C24H33BN2O5/c1-32-22-10-8-19(9-11-22)18-6-4-17(5-7-18)16-27-21-14-20(15-21)24(26,23(28)29)12-2-3-13-25(30)31/h4-11,20-21,27,30-31H,2-3,12-16,26H2,1H3,(H,28,29)/t20-,21+,24?. The number of methoxy groups -OCH3 is 1. The summed E-state index contributed by atoms with van der Waals surface area (Å²) in [5, 5.41) is 31.0. The van der Waals surface area contributed by atoms with Gasteiger partial charge in [0.1, 0.15) is 11.3 Å². The highest BCUT2D eigenvalue weighted by Crippen LogP contribution is 2.38. The number of carbonyl (C=O) groups is 1. The highest BCUT2D eigenvalue weighted by molar-refractivity contribution is 6.40. The summed E-state index contributed by atoms with van der Waals surface area (Å²) in [5.74, 6) is -0.213. The van der Waals surface area contributed by atoms with Gasteiger partial charge < -0.3 is 30.9 Å². The Balaban J connectivity index is 1.45. The Morgan fingerprint density at radius 1 is 1.09 bits per heavy atom. The van der Waals surface area contributed by atoms with Crippen LogP contribution >= 0.6 is 0 Å². The van der Waals surface area contributed by atoms with Gasteiger partial charge in [-0.3, -0.25) is 4.79 Å². The molecule has 1 atom stereocenters. The van der Waals surface area contributed by atoms with Gasteiger partial charge in [0.25, 0.3) is 0 Å². The van der Waals surface area contributed by atoms with Crippen molar-refractivity contribution in [2.24, 2.45) is 11.7 Å². The molecule has 32 heavy (non-hydrogen) atoms. The topological polar surface area (TPSA) is 125 Å². The molecule has 1 saturated carbocycles. The molecular weight excluding hydrogens is 407 g/mol. The van der Waals surface area contributed by atoms with Crippen LogP contribution < -0.4 is 15.8 Å². The first kappa shape index (κ1) is 24.3. The van der Waals surface area contributed by atoms with Gasteiger partial charge in [0.05, 0.1) is 7.11 Å². The van der Waals surface area contributed by atoms with Gasteiger partial charge in [-0.15, -0.1) is 0 Å². The van der Waals surface area contributed by atoms with Crippen molar-refractivity contribution in [1.29, 1.82) is 0 Å². The van der Waals surface area contributed by atoms with Crippen molar-refractivity contribution >= 4 is 13.1 Å². The molecule has 0 bridgehead atoms. The summed E-state index contributed by atoms with van der Waals surface area (Å²) < 4.78 is 5.20. The second-order valence-electron chi connectivity index (χ2n) is 8.74. The van der Waals surface area contributed by atoms with Gasteiger partial charge in [0, 0.05) is 12.6 Å². The van der Waals surface area contributed by atoms with E-state index >= 15 is 0 Å². The van der Waals surface area contributed by atoms with Gasteiger partial charge >= 0.3 is 13.1 Å². The van der Waals surface area contributed by atoms with Gasteiger partial charge in [0.15, 0.2) is 0 Å². The second-order valence-corrected chi connectivity index (χ2v) is 8.74. The number of aliphatic carboxylic acids is 1. The molecule has 0 saturated heterocycles. The fourth-order valence-electron chi connectivity index (χ4n) is 4.30. The SMILES string of the molecule is COc1ccc(-c2ccc(CN[C@H]3C[C@@H](C(N)(CCCCB(O)O)C(=O)O)C3)cc2)cc1. The van der Waals surface area contributed by atoms with Gasteiger partial charge in [-0.25, -0.2) is 0 Å². The smallest absolute Gasteiger partial charge is 0.451 e. The molecule has 8 heteroatoms. The summed E-state index contributed by atoms with van der Waals surface area (Å²) in [7, 11) is 0.302. The van der Waals surface area contributed by atoms with Crippen molar-refractivity contribution in [3.05, 3.63) is 54.1 Å². The summed E-state index contributed by atoms with van der Waals surface area (Å²) in [6.07, 6.45) is 3.16. The van der Waals surface area contributed by atoms with Gasteiger partial charge in [-0.2, -0.15) is 0 Å². The van der Waals surface area contributed by atoms with Crippen LogP contribution in [0.3, 0.4) is 0 Å². The number of benzene rings is 2. The summed E-state index contributed by atoms with van der Waals surface area (Å²) in [5.41, 5.74) is 8.46. The molecule has 0 aromatic heterocycles. The molecule has 1 aliphatic rings. The van der Waals surface area contributed by atoms with Crippen LogP contribution in [0.4, 0.5) is 0 Å². The molecule has 0 radical (unpaired) electrons. The van der Waals surface area contributed by atoms with Crippen LogP contribution in [0.1, 0.15) is 37.7 Å². The predicted octanol–water partition coefficient (Wildman–Crippen LogP) is 2.66. The molecular formula is C24H33BN2O5. The maximum atomic E-state index is 11.8. The van der Waals surface area contributed by atoms with Crippen LogP contribution in [0.15, 0.2) is 48.5 Å². The minimum Gasteiger partial charge on any atom is -0.497 e. The van der Waals surface area contributed by atoms with E-state index in [4.69, 9.17) is 20.5 Å². The van der Waals surface area contributed by atoms with E-state index in [1.807, 2.05) is 24.3 Å². The van der Waals surface area contributed by atoms with Crippen molar-refractivity contribution < 1.29 is 24.7 Å². The van der Waals surface area contributed by atoms with Crippen LogP contribution in [0, 0.1) is 5.92 Å². The molecule has 2 aromatic carbocycles. The van der Waals surface area contributed by atoms with E-state index in [0.29, 0.717) is 19.3 Å². The predicted molar refractivity (Wildman–Crippen MR) is 125 cm³/mol. The number of hydrogen-bond donors (Lipinski definition) is 5. The average molecular weight is 440 g/mol. The number of nitrogens with one attached hydrogen (secondary N) is 1. The molecule has 0 heterocycles. The molecule has 172 valence electrons. The molecule has 0 aliphatic heterocycles. The Morgan fingerprint density at radius 2 is 1.69 bits per heavy atom. The zero-order valence-electron chi connectivity index (χ0n) is 18.5. The zero-order valence-corrected chi connectivity index (χ0v) is 18.5. The molecule has 1 fully saturated rings. The summed E-state index contributed by atoms with van der Waals surface area (Å²) in [6, 6.07) is 16.6. The lowest BCUT2D eigenvalue weighted by Crippen LogP contribution is -2.61. The molecule has 2 aromatic rings. The zero-order chi connectivity index (χ0) is 23.1. The van der Waals surface area contributed by atoms with Crippen LogP contribution in [0.25, 0.3) is 11.1 Å². The minimum absolute atomic E-state index is 0.0750. The monoisotopic (exact) mass is 440 g/mol. The average Bonchev–Trinajstić information content (AvgIpc) is 2.76. The lowest BCUT2D eigenvalue weighted by molar-refractivity contribution is -0.148. The van der Waals surface area contributed by atoms with Crippen molar-refractivity contribution in [2.45, 2.75) is 56.5 Å². The van der Waals surface area contributed by atoms with Gasteiger partial charge in [-0.05, 0) is 60.3 Å². The second kappa shape index (κ2) is 11.0. The first-order valence-electron chi connectivity index (χ1n) is 11.2. The van der Waals surface area contributed by atoms with E-state index in [9.17, 15) is 9.90 Å². The minimum atomic E-state index is -1.35. The maximum absolute atomic E-state index is 11.8. The van der Waals surface area contributed by atoms with Crippen LogP contribution in [-0.4, -0.2) is 46.9 Å². The number of carboxylic acid groups (broad SMARTS) is 1. The Bertz CT molecular complexity index is 869. The lowest BCUT2D eigenvalue weighted by Gasteiger charge is -2.45. The Kier molecular flexibility index (Phi) is 8.31. The van der Waals surface area contributed by atoms with E-state index in [-0.39, 0.29) is 18.3 Å². The molecule has 0 spiro atoms. The first-order chi connectivity index (χ1) is 15.3. The van der Waals surface area contributed by atoms with Crippen LogP contribution in [0.2, 0.25) is 6.32 Å². The lowest BCUT2D eigenvalue weighted by atomic mass is 9.66. The molecule has 7 nitrogen and oxygen atoms in total. The molecule has 3 rings (SSSR count). The van der Waals surface area contributed by atoms with Crippen LogP contribution in [0.5, 0.6) is 5.75 Å². The Labute approximate surface area is 189 Å². The largest absolute Gasteiger partial charge is 0.497 e. The molecule has 1 unspecified atom stereocenters. The normalized spacial score (nSPS) is 19.6. The van der Waals surface area contributed by atoms with E-state index in [2.05, 4.69) is 29.6 Å². The highest BCUT2D eigenvalue weighted by Gasteiger charge is 2.48. The Hall–Kier alpha value is -2.39.